The average molecular weight is 234 g/mol. The van der Waals surface area contributed by atoms with Crippen molar-refractivity contribution in [3.05, 3.63) is 29.8 Å². The summed E-state index contributed by atoms with van der Waals surface area (Å²) < 4.78 is 0. The summed E-state index contributed by atoms with van der Waals surface area (Å²) in [6.45, 7) is 0.621. The molecule has 0 unspecified atom stereocenters. The normalized spacial score (nSPS) is 9.44. The van der Waals surface area contributed by atoms with Crippen LogP contribution in [0.15, 0.2) is 24.3 Å². The standard InChI is InChI=1S/C12H14N2OS/c1-2-8-16-9-7-14-12(15)10-3-5-11(13)6-4-10/h1,3-6H,7-9,13H2,(H,14,15). The van der Waals surface area contributed by atoms with Gasteiger partial charge in [0, 0.05) is 23.5 Å². The van der Waals surface area contributed by atoms with Gasteiger partial charge in [0.25, 0.3) is 5.91 Å². The molecule has 1 aromatic carbocycles. The summed E-state index contributed by atoms with van der Waals surface area (Å²) in [6.07, 6.45) is 5.11. The zero-order chi connectivity index (χ0) is 11.8. The number of hydrogen-bond donors (Lipinski definition) is 2. The molecule has 0 saturated heterocycles. The number of carbonyl (C=O) groups excluding carboxylic acids is 1. The van der Waals surface area contributed by atoms with Crippen LogP contribution in [0.3, 0.4) is 0 Å². The summed E-state index contributed by atoms with van der Waals surface area (Å²) in [5.41, 5.74) is 6.80. The molecular formula is C12H14N2OS. The predicted molar refractivity (Wildman–Crippen MR) is 69.3 cm³/mol. The van der Waals surface area contributed by atoms with Gasteiger partial charge in [-0.2, -0.15) is 0 Å². The lowest BCUT2D eigenvalue weighted by molar-refractivity contribution is 0.0956. The number of rotatable bonds is 5. The molecule has 3 nitrogen and oxygen atoms in total. The Labute approximate surface area is 99.8 Å². The van der Waals surface area contributed by atoms with Crippen molar-refractivity contribution in [1.82, 2.24) is 5.32 Å². The summed E-state index contributed by atoms with van der Waals surface area (Å²) >= 11 is 1.62. The third kappa shape index (κ3) is 4.28. The first-order valence-corrected chi connectivity index (χ1v) is 6.04. The molecule has 1 rings (SSSR count). The number of anilines is 1. The number of terminal acetylenes is 1. The van der Waals surface area contributed by atoms with E-state index in [0.29, 0.717) is 23.5 Å². The van der Waals surface area contributed by atoms with Crippen molar-refractivity contribution in [1.29, 1.82) is 0 Å². The van der Waals surface area contributed by atoms with Crippen LogP contribution in [0.1, 0.15) is 10.4 Å². The second kappa shape index (κ2) is 6.81. The van der Waals surface area contributed by atoms with E-state index < -0.39 is 0 Å². The number of hydrogen-bond acceptors (Lipinski definition) is 3. The van der Waals surface area contributed by atoms with Gasteiger partial charge in [0.15, 0.2) is 0 Å². The molecule has 0 aliphatic rings. The van der Waals surface area contributed by atoms with Crippen molar-refractivity contribution >= 4 is 23.4 Å². The van der Waals surface area contributed by atoms with E-state index in [1.54, 1.807) is 36.0 Å². The van der Waals surface area contributed by atoms with Gasteiger partial charge in [0.1, 0.15) is 0 Å². The van der Waals surface area contributed by atoms with Crippen LogP contribution in [0.5, 0.6) is 0 Å². The number of nitrogens with two attached hydrogens (primary N) is 1. The fourth-order valence-electron chi connectivity index (χ4n) is 1.10. The molecular weight excluding hydrogens is 220 g/mol. The lowest BCUT2D eigenvalue weighted by atomic mass is 10.2. The van der Waals surface area contributed by atoms with Crippen molar-refractivity contribution in [3.63, 3.8) is 0 Å². The number of nitrogen functional groups attached to an aromatic ring is 1. The Kier molecular flexibility index (Phi) is 5.30. The fourth-order valence-corrected chi connectivity index (χ4v) is 1.61. The van der Waals surface area contributed by atoms with Gasteiger partial charge < -0.3 is 11.1 Å². The molecule has 0 radical (unpaired) electrons. The maximum Gasteiger partial charge on any atom is 0.251 e. The summed E-state index contributed by atoms with van der Waals surface area (Å²) in [6, 6.07) is 6.84. The minimum Gasteiger partial charge on any atom is -0.399 e. The van der Waals surface area contributed by atoms with Crippen molar-refractivity contribution in [2.75, 3.05) is 23.8 Å². The first-order chi connectivity index (χ1) is 7.74. The Morgan fingerprint density at radius 3 is 2.75 bits per heavy atom. The van der Waals surface area contributed by atoms with E-state index in [2.05, 4.69) is 11.2 Å². The summed E-state index contributed by atoms with van der Waals surface area (Å²) in [5, 5.41) is 2.81. The van der Waals surface area contributed by atoms with E-state index >= 15 is 0 Å². The van der Waals surface area contributed by atoms with Crippen LogP contribution in [-0.4, -0.2) is 24.0 Å². The van der Waals surface area contributed by atoms with Crippen molar-refractivity contribution in [3.8, 4) is 12.3 Å². The Bertz CT molecular complexity index is 381. The Morgan fingerprint density at radius 1 is 1.44 bits per heavy atom. The Hall–Kier alpha value is -1.60. The van der Waals surface area contributed by atoms with Gasteiger partial charge in [0.05, 0.1) is 5.75 Å². The third-order valence-electron chi connectivity index (χ3n) is 1.89. The number of nitrogens with one attached hydrogen (secondary N) is 1. The van der Waals surface area contributed by atoms with Crippen LogP contribution in [0, 0.1) is 12.3 Å². The lowest BCUT2D eigenvalue weighted by Crippen LogP contribution is -2.25. The van der Waals surface area contributed by atoms with Crippen LogP contribution < -0.4 is 11.1 Å². The molecule has 3 N–H and O–H groups in total. The molecule has 0 heterocycles. The second-order valence-electron chi connectivity index (χ2n) is 3.13. The highest BCUT2D eigenvalue weighted by molar-refractivity contribution is 7.99. The number of thioether (sulfide) groups is 1. The zero-order valence-corrected chi connectivity index (χ0v) is 9.72. The van der Waals surface area contributed by atoms with Gasteiger partial charge in [-0.25, -0.2) is 0 Å². The van der Waals surface area contributed by atoms with E-state index in [4.69, 9.17) is 12.2 Å². The minimum absolute atomic E-state index is 0.0821. The highest BCUT2D eigenvalue weighted by Gasteiger charge is 2.03. The molecule has 0 spiro atoms. The van der Waals surface area contributed by atoms with Gasteiger partial charge in [-0.3, -0.25) is 4.79 Å². The quantitative estimate of drug-likeness (QED) is 0.459. The van der Waals surface area contributed by atoms with Gasteiger partial charge in [0.2, 0.25) is 0 Å². The van der Waals surface area contributed by atoms with Gasteiger partial charge in [-0.1, -0.05) is 5.92 Å². The Balaban J connectivity index is 2.30. The highest BCUT2D eigenvalue weighted by Crippen LogP contribution is 2.05. The predicted octanol–water partition coefficient (Wildman–Crippen LogP) is 1.36. The third-order valence-corrected chi connectivity index (χ3v) is 2.75. The topological polar surface area (TPSA) is 55.1 Å². The molecule has 1 amide bonds. The van der Waals surface area contributed by atoms with Crippen molar-refractivity contribution in [2.24, 2.45) is 0 Å². The van der Waals surface area contributed by atoms with Crippen LogP contribution in [0.2, 0.25) is 0 Å². The molecule has 4 heteroatoms. The molecule has 0 saturated carbocycles. The maximum atomic E-state index is 11.6. The lowest BCUT2D eigenvalue weighted by Gasteiger charge is -2.04. The zero-order valence-electron chi connectivity index (χ0n) is 8.90. The summed E-state index contributed by atoms with van der Waals surface area (Å²) in [4.78, 5) is 11.6. The van der Waals surface area contributed by atoms with Gasteiger partial charge >= 0.3 is 0 Å². The van der Waals surface area contributed by atoms with E-state index in [0.717, 1.165) is 5.75 Å². The first kappa shape index (κ1) is 12.5. The van der Waals surface area contributed by atoms with E-state index in [1.165, 1.54) is 0 Å². The van der Waals surface area contributed by atoms with E-state index in [1.807, 2.05) is 0 Å². The number of carbonyl (C=O) groups is 1. The SMILES string of the molecule is C#CCSCCNC(=O)c1ccc(N)cc1. The van der Waals surface area contributed by atoms with Gasteiger partial charge in [-0.05, 0) is 24.3 Å². The van der Waals surface area contributed by atoms with Crippen molar-refractivity contribution in [2.45, 2.75) is 0 Å². The summed E-state index contributed by atoms with van der Waals surface area (Å²) in [5.74, 6) is 3.95. The van der Waals surface area contributed by atoms with E-state index in [9.17, 15) is 4.79 Å². The van der Waals surface area contributed by atoms with E-state index in [-0.39, 0.29) is 5.91 Å². The van der Waals surface area contributed by atoms with Crippen LogP contribution in [-0.2, 0) is 0 Å². The molecule has 0 atom stereocenters. The largest absolute Gasteiger partial charge is 0.399 e. The number of amides is 1. The Morgan fingerprint density at radius 2 is 2.12 bits per heavy atom. The molecule has 0 aromatic heterocycles. The minimum atomic E-state index is -0.0821. The fraction of sp³-hybridized carbons (Fsp3) is 0.250. The second-order valence-corrected chi connectivity index (χ2v) is 4.24. The highest BCUT2D eigenvalue weighted by atomic mass is 32.2. The van der Waals surface area contributed by atoms with Crippen LogP contribution >= 0.6 is 11.8 Å². The van der Waals surface area contributed by atoms with Crippen LogP contribution in [0.4, 0.5) is 5.69 Å². The average Bonchev–Trinajstić information content (AvgIpc) is 2.29. The maximum absolute atomic E-state index is 11.6. The molecule has 16 heavy (non-hydrogen) atoms. The molecule has 0 aliphatic heterocycles. The molecule has 0 aliphatic carbocycles. The monoisotopic (exact) mass is 234 g/mol. The van der Waals surface area contributed by atoms with Gasteiger partial charge in [-0.15, -0.1) is 18.2 Å². The van der Waals surface area contributed by atoms with Crippen LogP contribution in [0.25, 0.3) is 0 Å². The molecule has 0 fully saturated rings. The first-order valence-electron chi connectivity index (χ1n) is 4.89. The number of benzene rings is 1. The molecule has 84 valence electrons. The summed E-state index contributed by atoms with van der Waals surface area (Å²) in [7, 11) is 0. The van der Waals surface area contributed by atoms with Crippen molar-refractivity contribution < 1.29 is 4.79 Å². The smallest absolute Gasteiger partial charge is 0.251 e. The molecule has 0 bridgehead atoms. The molecule has 1 aromatic rings.